The highest BCUT2D eigenvalue weighted by Gasteiger charge is 2.10. The summed E-state index contributed by atoms with van der Waals surface area (Å²) in [5.74, 6) is -0.637. The number of nitrogen functional groups attached to an aromatic ring is 1. The predicted molar refractivity (Wildman–Crippen MR) is 77.8 cm³/mol. The van der Waals surface area contributed by atoms with Crippen molar-refractivity contribution in [3.63, 3.8) is 0 Å². The maximum Gasteiger partial charge on any atom is 0.337 e. The molecule has 4 N–H and O–H groups in total. The number of nitrogens with zero attached hydrogens (tertiary/aromatic N) is 1. The van der Waals surface area contributed by atoms with Gasteiger partial charge in [0, 0.05) is 10.2 Å². The molecule has 19 heavy (non-hydrogen) atoms. The number of rotatable bonds is 3. The maximum absolute atomic E-state index is 11.0. The van der Waals surface area contributed by atoms with Gasteiger partial charge in [0.25, 0.3) is 0 Å². The molecule has 0 atom stereocenters. The molecular weight excluding hydrogens is 310 g/mol. The van der Waals surface area contributed by atoms with Crippen LogP contribution >= 0.6 is 15.9 Å². The van der Waals surface area contributed by atoms with Crippen molar-refractivity contribution in [3.05, 3.63) is 46.1 Å². The Morgan fingerprint density at radius 2 is 2.21 bits per heavy atom. The van der Waals surface area contributed by atoms with Crippen LogP contribution < -0.4 is 11.1 Å². The Labute approximate surface area is 118 Å². The summed E-state index contributed by atoms with van der Waals surface area (Å²) < 4.78 is 0.964. The number of aromatic carboxylic acids is 1. The standard InChI is InChI=1S/C13H12BrN3O2/c1-7-9(14)3-2-4-11(7)17-12-5-8(13(18)19)10(15)6-16-12/h2-6H,15H2,1H3,(H,16,17)(H,18,19). The highest BCUT2D eigenvalue weighted by Crippen LogP contribution is 2.26. The van der Waals surface area contributed by atoms with Gasteiger partial charge in [-0.2, -0.15) is 0 Å². The zero-order chi connectivity index (χ0) is 14.0. The highest BCUT2D eigenvalue weighted by atomic mass is 79.9. The maximum atomic E-state index is 11.0. The lowest BCUT2D eigenvalue weighted by Crippen LogP contribution is -2.05. The summed E-state index contributed by atoms with van der Waals surface area (Å²) in [6.45, 7) is 1.95. The molecule has 0 fully saturated rings. The molecule has 6 heteroatoms. The van der Waals surface area contributed by atoms with E-state index in [1.807, 2.05) is 25.1 Å². The first kappa shape index (κ1) is 13.4. The van der Waals surface area contributed by atoms with E-state index in [0.717, 1.165) is 15.7 Å². The van der Waals surface area contributed by atoms with E-state index in [0.29, 0.717) is 5.82 Å². The number of hydrogen-bond acceptors (Lipinski definition) is 4. The number of hydrogen-bond donors (Lipinski definition) is 3. The molecular formula is C13H12BrN3O2. The van der Waals surface area contributed by atoms with Crippen LogP contribution in [0.2, 0.25) is 0 Å². The Balaban J connectivity index is 2.36. The number of nitrogens with two attached hydrogens (primary N) is 1. The number of carboxylic acids is 1. The van der Waals surface area contributed by atoms with Crippen molar-refractivity contribution in [1.82, 2.24) is 4.98 Å². The van der Waals surface area contributed by atoms with E-state index >= 15 is 0 Å². The Morgan fingerprint density at radius 1 is 1.47 bits per heavy atom. The van der Waals surface area contributed by atoms with Gasteiger partial charge in [0.1, 0.15) is 5.82 Å². The fourth-order valence-electron chi connectivity index (χ4n) is 1.60. The van der Waals surface area contributed by atoms with E-state index in [4.69, 9.17) is 10.8 Å². The number of anilines is 3. The summed E-state index contributed by atoms with van der Waals surface area (Å²) in [5.41, 5.74) is 7.60. The quantitative estimate of drug-likeness (QED) is 0.808. The van der Waals surface area contributed by atoms with Gasteiger partial charge < -0.3 is 16.2 Å². The molecule has 0 radical (unpaired) electrons. The lowest BCUT2D eigenvalue weighted by atomic mass is 10.2. The highest BCUT2D eigenvalue weighted by molar-refractivity contribution is 9.10. The summed E-state index contributed by atoms with van der Waals surface area (Å²) in [4.78, 5) is 15.1. The number of carbonyl (C=O) groups is 1. The Morgan fingerprint density at radius 3 is 2.89 bits per heavy atom. The average molecular weight is 322 g/mol. The molecule has 0 aliphatic rings. The molecule has 0 unspecified atom stereocenters. The number of benzene rings is 1. The molecule has 0 saturated heterocycles. The molecule has 1 aromatic carbocycles. The number of nitrogens with one attached hydrogen (secondary N) is 1. The van der Waals surface area contributed by atoms with E-state index < -0.39 is 5.97 Å². The minimum Gasteiger partial charge on any atom is -0.478 e. The molecule has 2 rings (SSSR count). The van der Waals surface area contributed by atoms with Crippen molar-refractivity contribution in [2.75, 3.05) is 11.1 Å². The summed E-state index contributed by atoms with van der Waals surface area (Å²) in [7, 11) is 0. The van der Waals surface area contributed by atoms with Crippen molar-refractivity contribution < 1.29 is 9.90 Å². The largest absolute Gasteiger partial charge is 0.478 e. The smallest absolute Gasteiger partial charge is 0.337 e. The third kappa shape index (κ3) is 2.85. The zero-order valence-electron chi connectivity index (χ0n) is 10.1. The van der Waals surface area contributed by atoms with Crippen molar-refractivity contribution in [2.24, 2.45) is 0 Å². The molecule has 1 aromatic heterocycles. The molecule has 2 aromatic rings. The van der Waals surface area contributed by atoms with Crippen LogP contribution in [0.1, 0.15) is 15.9 Å². The molecule has 0 amide bonds. The lowest BCUT2D eigenvalue weighted by Gasteiger charge is -2.11. The minimum atomic E-state index is -1.08. The summed E-state index contributed by atoms with van der Waals surface area (Å²) in [6, 6.07) is 7.12. The van der Waals surface area contributed by atoms with Gasteiger partial charge in [-0.3, -0.25) is 0 Å². The second-order valence-electron chi connectivity index (χ2n) is 4.00. The van der Waals surface area contributed by atoms with Crippen LogP contribution in [0.15, 0.2) is 34.9 Å². The third-order valence-electron chi connectivity index (χ3n) is 2.70. The molecule has 0 saturated carbocycles. The summed E-state index contributed by atoms with van der Waals surface area (Å²) in [6.07, 6.45) is 1.33. The fourth-order valence-corrected chi connectivity index (χ4v) is 1.97. The topological polar surface area (TPSA) is 88.2 Å². The van der Waals surface area contributed by atoms with Gasteiger partial charge in [-0.15, -0.1) is 0 Å². The number of halogens is 1. The molecule has 0 bridgehead atoms. The van der Waals surface area contributed by atoms with E-state index in [9.17, 15) is 4.79 Å². The van der Waals surface area contributed by atoms with Crippen LogP contribution in [-0.2, 0) is 0 Å². The van der Waals surface area contributed by atoms with Gasteiger partial charge in [0.05, 0.1) is 17.4 Å². The first-order valence-electron chi connectivity index (χ1n) is 5.50. The second kappa shape index (κ2) is 5.27. The molecule has 0 spiro atoms. The molecule has 98 valence electrons. The van der Waals surface area contributed by atoms with E-state index in [-0.39, 0.29) is 11.3 Å². The van der Waals surface area contributed by atoms with Gasteiger partial charge in [-0.25, -0.2) is 9.78 Å². The number of carboxylic acid groups (broad SMARTS) is 1. The Kier molecular flexibility index (Phi) is 3.71. The molecule has 1 heterocycles. The van der Waals surface area contributed by atoms with Crippen LogP contribution in [0.5, 0.6) is 0 Å². The third-order valence-corrected chi connectivity index (χ3v) is 3.55. The zero-order valence-corrected chi connectivity index (χ0v) is 11.7. The minimum absolute atomic E-state index is 0.0325. The van der Waals surface area contributed by atoms with E-state index in [2.05, 4.69) is 26.2 Å². The van der Waals surface area contributed by atoms with Crippen molar-refractivity contribution >= 4 is 39.1 Å². The number of aromatic nitrogens is 1. The van der Waals surface area contributed by atoms with Gasteiger partial charge in [-0.05, 0) is 30.7 Å². The average Bonchev–Trinajstić information content (AvgIpc) is 2.37. The van der Waals surface area contributed by atoms with Crippen molar-refractivity contribution in [1.29, 1.82) is 0 Å². The molecule has 0 aliphatic carbocycles. The van der Waals surface area contributed by atoms with Gasteiger partial charge in [-0.1, -0.05) is 22.0 Å². The van der Waals surface area contributed by atoms with Crippen LogP contribution in [0.4, 0.5) is 17.2 Å². The van der Waals surface area contributed by atoms with E-state index in [1.54, 1.807) is 0 Å². The Bertz CT molecular complexity index is 644. The van der Waals surface area contributed by atoms with Crippen LogP contribution in [0.25, 0.3) is 0 Å². The normalized spacial score (nSPS) is 10.2. The van der Waals surface area contributed by atoms with E-state index in [1.165, 1.54) is 12.3 Å². The summed E-state index contributed by atoms with van der Waals surface area (Å²) in [5, 5.41) is 12.1. The van der Waals surface area contributed by atoms with Gasteiger partial charge in [0.15, 0.2) is 0 Å². The fraction of sp³-hybridized carbons (Fsp3) is 0.0769. The predicted octanol–water partition coefficient (Wildman–Crippen LogP) is 3.18. The summed E-state index contributed by atoms with van der Waals surface area (Å²) >= 11 is 3.43. The SMILES string of the molecule is Cc1c(Br)cccc1Nc1cc(C(=O)O)c(N)cn1. The molecule has 0 aliphatic heterocycles. The second-order valence-corrected chi connectivity index (χ2v) is 4.85. The van der Waals surface area contributed by atoms with Crippen molar-refractivity contribution in [3.8, 4) is 0 Å². The Hall–Kier alpha value is -2.08. The number of pyridine rings is 1. The van der Waals surface area contributed by atoms with Crippen LogP contribution in [0, 0.1) is 6.92 Å². The lowest BCUT2D eigenvalue weighted by molar-refractivity contribution is 0.0698. The monoisotopic (exact) mass is 321 g/mol. The van der Waals surface area contributed by atoms with Gasteiger partial charge in [0.2, 0.25) is 0 Å². The first-order chi connectivity index (χ1) is 8.99. The van der Waals surface area contributed by atoms with Crippen molar-refractivity contribution in [2.45, 2.75) is 6.92 Å². The molecule has 5 nitrogen and oxygen atoms in total. The first-order valence-corrected chi connectivity index (χ1v) is 6.29. The van der Waals surface area contributed by atoms with Crippen LogP contribution in [-0.4, -0.2) is 16.1 Å². The van der Waals surface area contributed by atoms with Gasteiger partial charge >= 0.3 is 5.97 Å². The van der Waals surface area contributed by atoms with Crippen LogP contribution in [0.3, 0.4) is 0 Å².